The van der Waals surface area contributed by atoms with Crippen LogP contribution in [-0.2, 0) is 4.74 Å². The van der Waals surface area contributed by atoms with Crippen molar-refractivity contribution in [1.82, 2.24) is 20.4 Å². The van der Waals surface area contributed by atoms with Gasteiger partial charge >= 0.3 is 0 Å². The second kappa shape index (κ2) is 12.6. The molecule has 23 heavy (non-hydrogen) atoms. The molecule has 1 unspecified atom stereocenters. The Bertz CT molecular complexity index is 316. The van der Waals surface area contributed by atoms with E-state index >= 15 is 0 Å². The van der Waals surface area contributed by atoms with Gasteiger partial charge in [0, 0.05) is 66.1 Å². The first-order chi connectivity index (χ1) is 11.2. The van der Waals surface area contributed by atoms with Crippen LogP contribution < -0.4 is 10.6 Å². The van der Waals surface area contributed by atoms with Crippen molar-refractivity contribution >= 4 is 5.96 Å². The third-order valence-corrected chi connectivity index (χ3v) is 4.22. The topological polar surface area (TPSA) is 52.1 Å². The summed E-state index contributed by atoms with van der Waals surface area (Å²) in [5, 5.41) is 6.81. The van der Waals surface area contributed by atoms with Gasteiger partial charge in [-0.3, -0.25) is 4.99 Å². The van der Waals surface area contributed by atoms with Crippen LogP contribution in [0, 0.1) is 5.92 Å². The number of hydrogen-bond acceptors (Lipinski definition) is 4. The summed E-state index contributed by atoms with van der Waals surface area (Å²) in [5.74, 6) is 1.53. The van der Waals surface area contributed by atoms with Crippen molar-refractivity contribution in [2.75, 3.05) is 73.1 Å². The lowest BCUT2D eigenvalue weighted by Gasteiger charge is -2.34. The highest BCUT2D eigenvalue weighted by Gasteiger charge is 2.16. The quantitative estimate of drug-likeness (QED) is 0.354. The molecular weight excluding hydrogens is 290 g/mol. The van der Waals surface area contributed by atoms with Gasteiger partial charge in [0.2, 0.25) is 0 Å². The minimum absolute atomic E-state index is 0.620. The van der Waals surface area contributed by atoms with Crippen molar-refractivity contribution in [2.24, 2.45) is 10.9 Å². The Morgan fingerprint density at radius 1 is 1.17 bits per heavy atom. The average Bonchev–Trinajstić information content (AvgIpc) is 2.55. The molecule has 6 heteroatoms. The van der Waals surface area contributed by atoms with Crippen molar-refractivity contribution < 1.29 is 4.74 Å². The normalized spacial score (nSPS) is 18.9. The molecule has 0 saturated carbocycles. The lowest BCUT2D eigenvalue weighted by Crippen LogP contribution is -2.47. The average molecular weight is 328 g/mol. The number of piperazine rings is 1. The summed E-state index contributed by atoms with van der Waals surface area (Å²) in [5.41, 5.74) is 0. The summed E-state index contributed by atoms with van der Waals surface area (Å²) >= 11 is 0. The molecule has 1 aliphatic rings. The SMILES string of the molecule is CCOCCCCNC(=NC)NCC(C)CN1CCN(C)CC1. The summed E-state index contributed by atoms with van der Waals surface area (Å²) in [6.07, 6.45) is 2.20. The number of guanidine groups is 1. The first-order valence-corrected chi connectivity index (χ1v) is 9.08. The molecule has 1 aliphatic heterocycles. The van der Waals surface area contributed by atoms with Gasteiger partial charge in [-0.15, -0.1) is 0 Å². The number of nitrogens with zero attached hydrogens (tertiary/aromatic N) is 3. The molecule has 2 N–H and O–H groups in total. The van der Waals surface area contributed by atoms with E-state index in [1.165, 1.54) is 26.2 Å². The number of likely N-dealkylation sites (N-methyl/N-ethyl adjacent to an activating group) is 1. The van der Waals surface area contributed by atoms with Crippen LogP contribution in [0.4, 0.5) is 0 Å². The van der Waals surface area contributed by atoms with Gasteiger partial charge in [0.05, 0.1) is 0 Å². The Kier molecular flexibility index (Phi) is 11.0. The van der Waals surface area contributed by atoms with E-state index < -0.39 is 0 Å². The number of rotatable bonds is 10. The molecule has 0 aromatic carbocycles. The third kappa shape index (κ3) is 9.79. The van der Waals surface area contributed by atoms with Crippen molar-refractivity contribution in [1.29, 1.82) is 0 Å². The zero-order valence-electron chi connectivity index (χ0n) is 15.6. The summed E-state index contributed by atoms with van der Waals surface area (Å²) in [6.45, 7) is 13.8. The van der Waals surface area contributed by atoms with E-state index in [9.17, 15) is 0 Å². The molecule has 6 nitrogen and oxygen atoms in total. The first kappa shape index (κ1) is 20.2. The van der Waals surface area contributed by atoms with Crippen LogP contribution in [0.25, 0.3) is 0 Å². The summed E-state index contributed by atoms with van der Waals surface area (Å²) in [4.78, 5) is 9.26. The Labute approximate surface area is 142 Å². The highest BCUT2D eigenvalue weighted by atomic mass is 16.5. The second-order valence-electron chi connectivity index (χ2n) is 6.49. The predicted octanol–water partition coefficient (Wildman–Crippen LogP) is 0.852. The van der Waals surface area contributed by atoms with E-state index in [-0.39, 0.29) is 0 Å². The molecule has 0 aromatic rings. The monoisotopic (exact) mass is 327 g/mol. The van der Waals surface area contributed by atoms with Crippen LogP contribution in [0.2, 0.25) is 0 Å². The van der Waals surface area contributed by atoms with Gasteiger partial charge in [0.15, 0.2) is 5.96 Å². The molecule has 1 saturated heterocycles. The molecule has 1 fully saturated rings. The molecule has 0 aliphatic carbocycles. The van der Waals surface area contributed by atoms with Crippen molar-refractivity contribution in [3.05, 3.63) is 0 Å². The zero-order chi connectivity index (χ0) is 16.9. The highest BCUT2D eigenvalue weighted by Crippen LogP contribution is 2.03. The number of unbranched alkanes of at least 4 members (excludes halogenated alkanes) is 1. The predicted molar refractivity (Wildman–Crippen MR) is 98.2 cm³/mol. The van der Waals surface area contributed by atoms with Crippen LogP contribution in [0.1, 0.15) is 26.7 Å². The van der Waals surface area contributed by atoms with Crippen LogP contribution in [0.5, 0.6) is 0 Å². The summed E-state index contributed by atoms with van der Waals surface area (Å²) in [7, 11) is 4.03. The Morgan fingerprint density at radius 2 is 1.91 bits per heavy atom. The first-order valence-electron chi connectivity index (χ1n) is 9.08. The summed E-state index contributed by atoms with van der Waals surface area (Å²) in [6, 6.07) is 0. The molecule has 0 bridgehead atoms. The number of ether oxygens (including phenoxy) is 1. The van der Waals surface area contributed by atoms with Crippen LogP contribution >= 0.6 is 0 Å². The van der Waals surface area contributed by atoms with Gasteiger partial charge < -0.3 is 25.2 Å². The van der Waals surface area contributed by atoms with E-state index in [1.54, 1.807) is 0 Å². The van der Waals surface area contributed by atoms with Gasteiger partial charge in [-0.2, -0.15) is 0 Å². The fourth-order valence-electron chi connectivity index (χ4n) is 2.71. The van der Waals surface area contributed by atoms with E-state index in [4.69, 9.17) is 4.74 Å². The highest BCUT2D eigenvalue weighted by molar-refractivity contribution is 5.79. The maximum Gasteiger partial charge on any atom is 0.190 e. The lowest BCUT2D eigenvalue weighted by atomic mass is 10.1. The van der Waals surface area contributed by atoms with Gasteiger partial charge in [-0.25, -0.2) is 0 Å². The van der Waals surface area contributed by atoms with Gasteiger partial charge in [0.1, 0.15) is 0 Å². The zero-order valence-corrected chi connectivity index (χ0v) is 15.6. The smallest absolute Gasteiger partial charge is 0.190 e. The van der Waals surface area contributed by atoms with Gasteiger partial charge in [-0.1, -0.05) is 6.92 Å². The van der Waals surface area contributed by atoms with E-state index in [0.29, 0.717) is 5.92 Å². The second-order valence-corrected chi connectivity index (χ2v) is 6.49. The third-order valence-electron chi connectivity index (χ3n) is 4.22. The van der Waals surface area contributed by atoms with Gasteiger partial charge in [-0.05, 0) is 32.7 Å². The molecule has 136 valence electrons. The van der Waals surface area contributed by atoms with E-state index in [1.807, 2.05) is 14.0 Å². The molecule has 0 amide bonds. The molecular formula is C17H37N5O. The molecule has 1 atom stereocenters. The largest absolute Gasteiger partial charge is 0.382 e. The molecule has 0 spiro atoms. The fraction of sp³-hybridized carbons (Fsp3) is 0.941. The van der Waals surface area contributed by atoms with Crippen molar-refractivity contribution in [3.8, 4) is 0 Å². The molecule has 1 heterocycles. The Hall–Kier alpha value is -0.850. The summed E-state index contributed by atoms with van der Waals surface area (Å²) < 4.78 is 5.34. The Balaban J connectivity index is 2.08. The number of aliphatic imine (C=N–C) groups is 1. The maximum absolute atomic E-state index is 5.34. The van der Waals surface area contributed by atoms with Crippen molar-refractivity contribution in [3.63, 3.8) is 0 Å². The lowest BCUT2D eigenvalue weighted by molar-refractivity contribution is 0.139. The number of hydrogen-bond donors (Lipinski definition) is 2. The van der Waals surface area contributed by atoms with Crippen LogP contribution in [-0.4, -0.2) is 88.9 Å². The fourth-order valence-corrected chi connectivity index (χ4v) is 2.71. The van der Waals surface area contributed by atoms with Crippen LogP contribution in [0.15, 0.2) is 4.99 Å². The minimum atomic E-state index is 0.620. The van der Waals surface area contributed by atoms with Crippen LogP contribution in [0.3, 0.4) is 0 Å². The molecule has 1 rings (SSSR count). The number of nitrogens with one attached hydrogen (secondary N) is 2. The van der Waals surface area contributed by atoms with E-state index in [2.05, 4.69) is 39.4 Å². The minimum Gasteiger partial charge on any atom is -0.382 e. The standard InChI is InChI=1S/C17H37N5O/c1-5-23-13-7-6-8-19-17(18-3)20-14-16(2)15-22-11-9-21(4)10-12-22/h16H,5-15H2,1-4H3,(H2,18,19,20). The maximum atomic E-state index is 5.34. The van der Waals surface area contributed by atoms with Gasteiger partial charge in [0.25, 0.3) is 0 Å². The molecule has 0 aromatic heterocycles. The Morgan fingerprint density at radius 3 is 2.57 bits per heavy atom. The molecule has 0 radical (unpaired) electrons. The van der Waals surface area contributed by atoms with E-state index in [0.717, 1.165) is 51.6 Å². The van der Waals surface area contributed by atoms with Crippen molar-refractivity contribution in [2.45, 2.75) is 26.7 Å².